The van der Waals surface area contributed by atoms with Crippen LogP contribution < -0.4 is 31.3 Å². The van der Waals surface area contributed by atoms with Crippen LogP contribution in [-0.2, 0) is 49.4 Å². The van der Waals surface area contributed by atoms with Gasteiger partial charge in [0.15, 0.2) is 0 Å². The third-order valence-electron chi connectivity index (χ3n) is 9.72. The molecule has 6 aromatic carbocycles. The van der Waals surface area contributed by atoms with Gasteiger partial charge in [0.25, 0.3) is 0 Å². The Labute approximate surface area is 352 Å². The Morgan fingerprint density at radius 3 is 1.66 bits per heavy atom. The smallest absolute Gasteiger partial charge is 0.522 e. The molecule has 3 unspecified atom stereocenters. The molecule has 0 aliphatic carbocycles. The number of carbonyl (C=O) groups excluding carboxylic acids is 4. The normalized spacial score (nSPS) is 12.7. The summed E-state index contributed by atoms with van der Waals surface area (Å²) in [5, 5.41) is 30.7. The Morgan fingerprint density at radius 2 is 1.08 bits per heavy atom. The molecule has 9 N–H and O–H groups in total. The van der Waals surface area contributed by atoms with E-state index in [1.165, 1.54) is 36.4 Å². The fourth-order valence-corrected chi connectivity index (χ4v) is 7.12. The molecule has 16 heteroatoms. The monoisotopic (exact) mass is 843 g/mol. The molecule has 0 fully saturated rings. The van der Waals surface area contributed by atoms with Crippen LogP contribution in [0.3, 0.4) is 0 Å². The first-order chi connectivity index (χ1) is 29.3. The van der Waals surface area contributed by atoms with Crippen LogP contribution in [0.25, 0.3) is 10.8 Å². The van der Waals surface area contributed by atoms with E-state index in [0.717, 1.165) is 21.9 Å². The highest BCUT2D eigenvalue weighted by Crippen LogP contribution is 2.37. The number of fused-ring (bicyclic) bond motifs is 1. The Hall–Kier alpha value is -6.61. The summed E-state index contributed by atoms with van der Waals surface area (Å²) in [5.41, 5.74) is 3.18. The lowest BCUT2D eigenvalue weighted by Gasteiger charge is -2.26. The number of hydrogen-bond acceptors (Lipinski definition) is 7. The van der Waals surface area contributed by atoms with Gasteiger partial charge in [0, 0.05) is 24.9 Å². The number of hydrogen-bond donors (Lipinski definition) is 7. The highest BCUT2D eigenvalue weighted by Gasteiger charge is 2.31. The average Bonchev–Trinajstić information content (AvgIpc) is 3.23. The summed E-state index contributed by atoms with van der Waals surface area (Å²) in [6.07, 6.45) is 0.0362. The van der Waals surface area contributed by atoms with Crippen molar-refractivity contribution >= 4 is 60.5 Å². The molecule has 61 heavy (non-hydrogen) atoms. The maximum absolute atomic E-state index is 14.4. The van der Waals surface area contributed by atoms with Crippen molar-refractivity contribution in [2.24, 2.45) is 0 Å². The predicted octanol–water partition coefficient (Wildman–Crippen LogP) is 3.09. The molecule has 0 spiro atoms. The minimum Gasteiger partial charge on any atom is -0.522 e. The van der Waals surface area contributed by atoms with Gasteiger partial charge in [-0.05, 0) is 57.3 Å². The number of phosphoric ester groups is 1. The molecule has 4 amide bonds. The van der Waals surface area contributed by atoms with Gasteiger partial charge in [0.2, 0.25) is 23.6 Å². The van der Waals surface area contributed by atoms with Crippen LogP contribution in [0.2, 0.25) is 0 Å². The van der Waals surface area contributed by atoms with Gasteiger partial charge in [0.05, 0.1) is 11.9 Å². The molecule has 0 saturated carbocycles. The van der Waals surface area contributed by atoms with Gasteiger partial charge in [-0.1, -0.05) is 127 Å². The molecule has 6 aromatic rings. The molecule has 0 saturated heterocycles. The van der Waals surface area contributed by atoms with Crippen molar-refractivity contribution < 1.29 is 48.1 Å². The fourth-order valence-electron chi connectivity index (χ4n) is 6.73. The zero-order chi connectivity index (χ0) is 43.4. The number of rotatable bonds is 18. The van der Waals surface area contributed by atoms with Crippen molar-refractivity contribution in [2.75, 3.05) is 5.32 Å². The third kappa shape index (κ3) is 13.5. The van der Waals surface area contributed by atoms with Crippen molar-refractivity contribution in [3.8, 4) is 5.75 Å². The van der Waals surface area contributed by atoms with Gasteiger partial charge < -0.3 is 35.8 Å². The first-order valence-corrected chi connectivity index (χ1v) is 20.9. The maximum atomic E-state index is 14.4. The van der Waals surface area contributed by atoms with Crippen LogP contribution in [0.1, 0.15) is 22.3 Å². The molecular formula is C45H45BN4O10P+. The SMILES string of the molecule is O=C(Cc1ccc2ccccc2c1)NC(Cc1ccccc1)C(=O)NC(Cc1ccccc1)C(=O)NC(Cc1ccc(OP(=O)(O)O)cc1)C(=O)Nc1cccc(B(O)[OH2+])c1. The third-order valence-corrected chi connectivity index (χ3v) is 10.2. The van der Waals surface area contributed by atoms with Gasteiger partial charge in [-0.2, -0.15) is 0 Å². The number of carbonyl (C=O) groups is 4. The van der Waals surface area contributed by atoms with E-state index >= 15 is 0 Å². The van der Waals surface area contributed by atoms with Crippen LogP contribution in [0.15, 0.2) is 152 Å². The van der Waals surface area contributed by atoms with E-state index in [9.17, 15) is 38.6 Å². The summed E-state index contributed by atoms with van der Waals surface area (Å²) >= 11 is 0. The fraction of sp³-hybridized carbons (Fsp3) is 0.156. The van der Waals surface area contributed by atoms with Crippen molar-refractivity contribution in [1.29, 1.82) is 0 Å². The lowest BCUT2D eigenvalue weighted by atomic mass is 9.80. The quantitative estimate of drug-likeness (QED) is 0.0383. The Bertz CT molecular complexity index is 2510. The predicted molar refractivity (Wildman–Crippen MR) is 233 cm³/mol. The molecule has 14 nitrogen and oxygen atoms in total. The highest BCUT2D eigenvalue weighted by atomic mass is 31.2. The van der Waals surface area contributed by atoms with Crippen molar-refractivity contribution in [3.63, 3.8) is 0 Å². The lowest BCUT2D eigenvalue weighted by molar-refractivity contribution is -0.133. The second-order valence-corrected chi connectivity index (χ2v) is 15.6. The van der Waals surface area contributed by atoms with E-state index in [2.05, 4.69) is 25.8 Å². The number of phosphoric acid groups is 1. The molecule has 3 atom stereocenters. The summed E-state index contributed by atoms with van der Waals surface area (Å²) < 4.78 is 16.0. The molecule has 6 rings (SSSR count). The highest BCUT2D eigenvalue weighted by molar-refractivity contribution is 7.46. The Balaban J connectivity index is 1.25. The molecule has 0 aromatic heterocycles. The van der Waals surface area contributed by atoms with Crippen LogP contribution in [0, 0.1) is 0 Å². The zero-order valence-electron chi connectivity index (χ0n) is 32.8. The second-order valence-electron chi connectivity index (χ2n) is 14.4. The van der Waals surface area contributed by atoms with E-state index < -0.39 is 56.7 Å². The van der Waals surface area contributed by atoms with Crippen molar-refractivity contribution in [3.05, 3.63) is 174 Å². The minimum atomic E-state index is -4.84. The summed E-state index contributed by atoms with van der Waals surface area (Å²) in [7, 11) is -6.39. The van der Waals surface area contributed by atoms with Gasteiger partial charge >= 0.3 is 14.9 Å². The molecule has 0 radical (unpaired) electrons. The van der Waals surface area contributed by atoms with Crippen LogP contribution >= 0.6 is 7.82 Å². The van der Waals surface area contributed by atoms with E-state index in [1.54, 1.807) is 36.4 Å². The molecule has 0 aliphatic heterocycles. The average molecular weight is 844 g/mol. The molecule has 312 valence electrons. The molecular weight excluding hydrogens is 798 g/mol. The van der Waals surface area contributed by atoms with E-state index in [4.69, 9.17) is 5.02 Å². The summed E-state index contributed by atoms with van der Waals surface area (Å²) in [5.74, 6) is -2.53. The van der Waals surface area contributed by atoms with Gasteiger partial charge in [0.1, 0.15) is 23.9 Å². The first kappa shape index (κ1) is 44.0. The number of anilines is 1. The summed E-state index contributed by atoms with van der Waals surface area (Å²) in [4.78, 5) is 74.7. The molecule has 0 heterocycles. The number of benzene rings is 6. The Morgan fingerprint density at radius 1 is 0.574 bits per heavy atom. The van der Waals surface area contributed by atoms with Gasteiger partial charge in [-0.25, -0.2) is 4.57 Å². The van der Waals surface area contributed by atoms with Crippen molar-refractivity contribution in [1.82, 2.24) is 16.0 Å². The lowest BCUT2D eigenvalue weighted by Crippen LogP contribution is -2.57. The van der Waals surface area contributed by atoms with E-state index in [1.807, 2.05) is 78.9 Å². The zero-order valence-corrected chi connectivity index (χ0v) is 33.7. The number of amides is 4. The first-order valence-electron chi connectivity index (χ1n) is 19.4. The van der Waals surface area contributed by atoms with Crippen molar-refractivity contribution in [2.45, 2.75) is 43.8 Å². The second kappa shape index (κ2) is 20.6. The summed E-state index contributed by atoms with van der Waals surface area (Å²) in [6, 6.07) is 39.6. The maximum Gasteiger partial charge on any atom is 0.727 e. The largest absolute Gasteiger partial charge is 0.727 e. The standard InChI is InChI=1S/C45H44BN4O10P/c51-42(28-33-18-21-34-14-7-8-15-35(34)24-33)48-39(25-30-10-3-1-4-11-30)44(53)50-41(26-31-12-5-2-6-13-31)45(54)49-40(27-32-19-22-38(23-20-32)60-61(57,58)59)43(52)47-37-17-9-16-36(29-37)46(55)56/h1-24,29,39-41,55-56H,25-28H2,(H,47,52)(H,48,51)(H,49,54)(H,50,53)(H2,57,58,59)/p+1. The molecule has 0 bridgehead atoms. The van der Waals surface area contributed by atoms with Crippen LogP contribution in [-0.4, -0.2) is 68.7 Å². The van der Waals surface area contributed by atoms with Gasteiger partial charge in [-0.15, -0.1) is 0 Å². The van der Waals surface area contributed by atoms with Crippen LogP contribution in [0.5, 0.6) is 5.75 Å². The summed E-state index contributed by atoms with van der Waals surface area (Å²) in [6.45, 7) is 0. The number of nitrogens with one attached hydrogen (secondary N) is 4. The van der Waals surface area contributed by atoms with E-state index in [-0.39, 0.29) is 42.6 Å². The molecule has 0 aliphatic rings. The van der Waals surface area contributed by atoms with Gasteiger partial charge in [-0.3, -0.25) is 29.0 Å². The van der Waals surface area contributed by atoms with Crippen LogP contribution in [0.4, 0.5) is 5.69 Å². The minimum absolute atomic E-state index is 0.00417. The topological polar surface area (TPSA) is 226 Å². The Kier molecular flexibility index (Phi) is 14.8. The van der Waals surface area contributed by atoms with E-state index in [0.29, 0.717) is 11.1 Å².